The summed E-state index contributed by atoms with van der Waals surface area (Å²) in [5, 5.41) is 1.17. The molecule has 0 aliphatic heterocycles. The molecule has 0 N–H and O–H groups in total. The maximum Gasteiger partial charge on any atom is 0.316 e. The molecule has 0 saturated carbocycles. The Morgan fingerprint density at radius 1 is 1.33 bits per heavy atom. The molecule has 0 fully saturated rings. The van der Waals surface area contributed by atoms with Crippen molar-refractivity contribution in [2.24, 2.45) is 0 Å². The Bertz CT molecular complexity index is 11.5. The van der Waals surface area contributed by atoms with Crippen LogP contribution in [-0.2, 0) is 0 Å². The Kier molecular flexibility index (Phi) is 118. The van der Waals surface area contributed by atoms with Crippen LogP contribution >= 0.6 is 24.8 Å². The van der Waals surface area contributed by atoms with E-state index in [9.17, 15) is 0 Å². The molecule has 0 bridgehead atoms. The third-order valence-corrected chi connectivity index (χ3v) is 0. The topological polar surface area (TPSA) is 0 Å². The van der Waals surface area contributed by atoms with Crippen LogP contribution in [0.15, 0.2) is 0 Å². The van der Waals surface area contributed by atoms with Gasteiger partial charge in [-0.15, -0.1) is 30.1 Å². The van der Waals surface area contributed by atoms with E-state index in [-0.39, 0.29) is 47.9 Å². The highest BCUT2D eigenvalue weighted by Crippen LogP contribution is 1.49. The van der Waals surface area contributed by atoms with Gasteiger partial charge in [-0.25, -0.2) is 0 Å². The van der Waals surface area contributed by atoms with E-state index in [1.165, 1.54) is 5.28 Å². The highest BCUT2D eigenvalue weighted by atomic mass is 35.5. The number of hydrogen-bond acceptors (Lipinski definition) is 0. The molecule has 36 valence electrons. The van der Waals surface area contributed by atoms with Gasteiger partial charge in [-0.3, -0.25) is 0 Å². The lowest BCUT2D eigenvalue weighted by Gasteiger charge is -1.47. The molecule has 0 amide bonds. The molecule has 2 radical (unpaired) electrons. The molecule has 0 aromatic heterocycles. The van der Waals surface area contributed by atoms with Crippen molar-refractivity contribution in [3.63, 3.8) is 0 Å². The van der Waals surface area contributed by atoms with E-state index in [1.807, 2.05) is 0 Å². The van der Waals surface area contributed by atoms with Gasteiger partial charge in [-0.05, 0) is 0 Å². The number of rotatable bonds is 0. The van der Waals surface area contributed by atoms with Gasteiger partial charge in [0.1, 0.15) is 16.3 Å². The minimum Gasteiger partial charge on any atom is -0.147 e. The van der Waals surface area contributed by atoms with Crippen molar-refractivity contribution >= 4 is 64.2 Å². The first-order valence-electron chi connectivity index (χ1n) is 1.12. The molecule has 0 nitrogen and oxygen atoms in total. The van der Waals surface area contributed by atoms with Gasteiger partial charge in [-0.2, -0.15) is 0 Å². The van der Waals surface area contributed by atoms with Crippen LogP contribution in [0.25, 0.3) is 0 Å². The molecule has 4 heteroatoms. The lowest BCUT2D eigenvalue weighted by Crippen LogP contribution is -1.41. The maximum atomic E-state index is 2.58. The molecule has 0 heterocycles. The third kappa shape index (κ3) is 39.6. The Morgan fingerprint density at radius 3 is 1.33 bits per heavy atom. The molecule has 0 rings (SSSR count). The van der Waals surface area contributed by atoms with Gasteiger partial charge in [0, 0.05) is 0 Å². The summed E-state index contributed by atoms with van der Waals surface area (Å²) in [6.45, 7) is 2.09. The van der Waals surface area contributed by atoms with Crippen molar-refractivity contribution in [2.45, 2.75) is 12.2 Å². The van der Waals surface area contributed by atoms with Crippen LogP contribution in [0.1, 0.15) is 6.92 Å². The van der Waals surface area contributed by atoms with Crippen LogP contribution in [0.5, 0.6) is 0 Å². The second-order valence-electron chi connectivity index (χ2n) is 0.408. The normalized spacial score (nSPS) is 2.83. The summed E-state index contributed by atoms with van der Waals surface area (Å²) in [6.07, 6.45) is 0. The zero-order valence-electron chi connectivity index (χ0n) is 3.10. The Morgan fingerprint density at radius 2 is 1.33 bits per heavy atom. The van der Waals surface area contributed by atoms with E-state index in [0.717, 1.165) is 0 Å². The van der Waals surface area contributed by atoms with Crippen LogP contribution in [-0.4, -0.2) is 39.3 Å². The predicted molar refractivity (Wildman–Crippen MR) is 39.3 cm³/mol. The van der Waals surface area contributed by atoms with Gasteiger partial charge in [0.15, 0.2) is 0 Å². The minimum absolute atomic E-state index is 0. The fraction of sp³-hybridized carbons (Fsp3) is 1.00. The summed E-state index contributed by atoms with van der Waals surface area (Å²) in [4.78, 5) is 0. The van der Waals surface area contributed by atoms with Gasteiger partial charge in [0.05, 0.1) is 0 Å². The summed E-state index contributed by atoms with van der Waals surface area (Å²) in [5.41, 5.74) is 0. The average molecular weight is 155 g/mol. The quantitative estimate of drug-likeness (QED) is 0.447. The van der Waals surface area contributed by atoms with E-state index in [0.29, 0.717) is 0 Å². The zero-order chi connectivity index (χ0) is 2.71. The number of halogens is 2. The van der Waals surface area contributed by atoms with Crippen LogP contribution < -0.4 is 0 Å². The molecule has 0 spiro atoms. The third-order valence-electron chi connectivity index (χ3n) is 0. The van der Waals surface area contributed by atoms with Crippen LogP contribution in [0, 0.1) is 0 Å². The molecule has 0 atom stereocenters. The second kappa shape index (κ2) is 28.7. The summed E-state index contributed by atoms with van der Waals surface area (Å²) < 4.78 is 0. The highest BCUT2D eigenvalue weighted by Gasteiger charge is 1.37. The van der Waals surface area contributed by atoms with E-state index < -0.39 is 0 Å². The SMILES string of the molecule is C[CH2][Al].Cl.Cl.[MgH2]. The monoisotopic (exact) mass is 154 g/mol. The van der Waals surface area contributed by atoms with E-state index in [2.05, 4.69) is 23.2 Å². The summed E-state index contributed by atoms with van der Waals surface area (Å²) in [7, 11) is 0. The van der Waals surface area contributed by atoms with E-state index >= 15 is 0 Å². The Labute approximate surface area is 75.8 Å². The largest absolute Gasteiger partial charge is 0.316 e. The van der Waals surface area contributed by atoms with Gasteiger partial charge in [-0.1, -0.05) is 6.92 Å². The molecule has 0 aromatic rings. The maximum absolute atomic E-state index is 2.58. The van der Waals surface area contributed by atoms with E-state index in [4.69, 9.17) is 0 Å². The van der Waals surface area contributed by atoms with E-state index in [1.54, 1.807) is 0 Å². The molecule has 0 saturated heterocycles. The van der Waals surface area contributed by atoms with Crippen molar-refractivity contribution in [3.8, 4) is 0 Å². The Balaban J connectivity index is -0.00000000667. The van der Waals surface area contributed by atoms with Crippen LogP contribution in [0.2, 0.25) is 5.28 Å². The fourth-order valence-electron chi connectivity index (χ4n) is 0. The van der Waals surface area contributed by atoms with Gasteiger partial charge < -0.3 is 0 Å². The first-order chi connectivity index (χ1) is 1.41. The minimum atomic E-state index is 0. The van der Waals surface area contributed by atoms with Crippen LogP contribution in [0.3, 0.4) is 0 Å². The molecule has 0 unspecified atom stereocenters. The summed E-state index contributed by atoms with van der Waals surface area (Å²) in [6, 6.07) is 0. The van der Waals surface area contributed by atoms with Gasteiger partial charge in [0.25, 0.3) is 0 Å². The van der Waals surface area contributed by atoms with Gasteiger partial charge >= 0.3 is 23.1 Å². The molecular weight excluding hydrogens is 146 g/mol. The van der Waals surface area contributed by atoms with Crippen molar-refractivity contribution in [1.29, 1.82) is 0 Å². The van der Waals surface area contributed by atoms with Crippen molar-refractivity contribution in [3.05, 3.63) is 0 Å². The van der Waals surface area contributed by atoms with Crippen molar-refractivity contribution < 1.29 is 0 Å². The smallest absolute Gasteiger partial charge is 0.147 e. The first-order valence-corrected chi connectivity index (χ1v) is 1.93. The predicted octanol–water partition coefficient (Wildman–Crippen LogP) is 0.520. The first kappa shape index (κ1) is 24.8. The zero-order valence-corrected chi connectivity index (χ0v) is 5.89. The molecule has 0 aliphatic carbocycles. The Hall–Kier alpha value is 1.88. The number of hydrogen-bond donors (Lipinski definition) is 0. The molecule has 0 aliphatic rings. The molecule has 6 heavy (non-hydrogen) atoms. The summed E-state index contributed by atoms with van der Waals surface area (Å²) >= 11 is 2.58. The standard InChI is InChI=1S/C2H5.Al.2ClH.Mg.2H/c1-2;;;;;;/h1H2,2H3;;2*1H;;;. The van der Waals surface area contributed by atoms with Crippen molar-refractivity contribution in [2.75, 3.05) is 0 Å². The second-order valence-corrected chi connectivity index (χ2v) is 1.22. The van der Waals surface area contributed by atoms with Crippen molar-refractivity contribution in [1.82, 2.24) is 0 Å². The highest BCUT2D eigenvalue weighted by molar-refractivity contribution is 6.08. The van der Waals surface area contributed by atoms with Crippen LogP contribution in [0.4, 0.5) is 0 Å². The molecule has 0 aromatic carbocycles. The fourth-order valence-corrected chi connectivity index (χ4v) is 0. The summed E-state index contributed by atoms with van der Waals surface area (Å²) in [5.74, 6) is 0. The lowest BCUT2D eigenvalue weighted by atomic mass is 11.0. The lowest BCUT2D eigenvalue weighted by molar-refractivity contribution is 1.48. The van der Waals surface area contributed by atoms with Gasteiger partial charge in [0.2, 0.25) is 0 Å². The average Bonchev–Trinajstić information content (AvgIpc) is 0.918. The molecular formula is C2H9AlCl2Mg.